The van der Waals surface area contributed by atoms with Crippen molar-refractivity contribution in [2.75, 3.05) is 16.8 Å². The van der Waals surface area contributed by atoms with Gasteiger partial charge in [-0.1, -0.05) is 29.4 Å². The molecular formula is C20H17N3O5. The van der Waals surface area contributed by atoms with Gasteiger partial charge in [-0.25, -0.2) is 0 Å². The number of esters is 1. The second kappa shape index (κ2) is 7.15. The summed E-state index contributed by atoms with van der Waals surface area (Å²) >= 11 is 0. The largest absolute Gasteiger partial charge is 0.452 e. The summed E-state index contributed by atoms with van der Waals surface area (Å²) in [5, 5.41) is 7.33. The monoisotopic (exact) mass is 379 g/mol. The average molecular weight is 379 g/mol. The summed E-state index contributed by atoms with van der Waals surface area (Å²) in [7, 11) is 0. The minimum Gasteiger partial charge on any atom is -0.452 e. The van der Waals surface area contributed by atoms with Crippen LogP contribution in [0.15, 0.2) is 53.1 Å². The molecule has 0 fully saturated rings. The highest BCUT2D eigenvalue weighted by Crippen LogP contribution is 2.29. The predicted molar refractivity (Wildman–Crippen MR) is 101 cm³/mol. The van der Waals surface area contributed by atoms with E-state index in [0.717, 1.165) is 5.39 Å². The molecule has 0 radical (unpaired) electrons. The quantitative estimate of drug-likeness (QED) is 0.698. The molecule has 1 aliphatic heterocycles. The summed E-state index contributed by atoms with van der Waals surface area (Å²) in [6.07, 6.45) is -1.17. The minimum absolute atomic E-state index is 0.119. The van der Waals surface area contributed by atoms with E-state index in [1.54, 1.807) is 36.4 Å². The second-order valence-corrected chi connectivity index (χ2v) is 6.42. The minimum atomic E-state index is -1.05. The molecule has 0 saturated heterocycles. The molecule has 3 aromatic rings. The lowest BCUT2D eigenvalue weighted by molar-refractivity contribution is -0.153. The Kier molecular flexibility index (Phi) is 4.52. The van der Waals surface area contributed by atoms with Crippen LogP contribution in [0.5, 0.6) is 0 Å². The first-order chi connectivity index (χ1) is 13.5. The van der Waals surface area contributed by atoms with Crippen molar-refractivity contribution in [3.63, 3.8) is 0 Å². The van der Waals surface area contributed by atoms with Crippen molar-refractivity contribution in [3.05, 3.63) is 54.2 Å². The molecule has 1 aliphatic rings. The topological polar surface area (TPSA) is 102 Å². The van der Waals surface area contributed by atoms with Crippen LogP contribution in [0.25, 0.3) is 11.0 Å². The highest BCUT2D eigenvalue weighted by molar-refractivity contribution is 6.11. The summed E-state index contributed by atoms with van der Waals surface area (Å²) in [6.45, 7) is 1.35. The molecular weight excluding hydrogens is 362 g/mol. The molecule has 28 heavy (non-hydrogen) atoms. The molecule has 2 heterocycles. The van der Waals surface area contributed by atoms with E-state index in [2.05, 4.69) is 10.5 Å². The summed E-state index contributed by atoms with van der Waals surface area (Å²) in [5.74, 6) is -1.38. The van der Waals surface area contributed by atoms with E-state index in [1.165, 1.54) is 11.8 Å². The average Bonchev–Trinajstić information content (AvgIpc) is 3.09. The van der Waals surface area contributed by atoms with E-state index in [0.29, 0.717) is 22.7 Å². The SMILES string of the molecule is C[C@H](OC(=O)Cc1noc2ccccc12)C(=O)N1CC(=O)Nc2ccccc21. The first kappa shape index (κ1) is 17.7. The van der Waals surface area contributed by atoms with Gasteiger partial charge >= 0.3 is 5.97 Å². The normalized spacial score (nSPS) is 14.3. The number of ether oxygens (including phenoxy) is 1. The molecule has 0 unspecified atom stereocenters. The van der Waals surface area contributed by atoms with Crippen molar-refractivity contribution in [3.8, 4) is 0 Å². The number of nitrogens with zero attached hydrogens (tertiary/aromatic N) is 2. The molecule has 2 aromatic carbocycles. The fourth-order valence-electron chi connectivity index (χ4n) is 3.14. The van der Waals surface area contributed by atoms with Gasteiger partial charge in [-0.15, -0.1) is 0 Å². The number of hydrogen-bond acceptors (Lipinski definition) is 6. The van der Waals surface area contributed by atoms with Crippen LogP contribution in [0, 0.1) is 0 Å². The van der Waals surface area contributed by atoms with Crippen LogP contribution in [0.2, 0.25) is 0 Å². The highest BCUT2D eigenvalue weighted by atomic mass is 16.5. The Morgan fingerprint density at radius 2 is 1.96 bits per heavy atom. The van der Waals surface area contributed by atoms with Crippen molar-refractivity contribution in [1.29, 1.82) is 0 Å². The molecule has 0 aliphatic carbocycles. The lowest BCUT2D eigenvalue weighted by atomic mass is 10.1. The van der Waals surface area contributed by atoms with E-state index in [-0.39, 0.29) is 18.9 Å². The Hall–Kier alpha value is -3.68. The molecule has 0 bridgehead atoms. The fraction of sp³-hybridized carbons (Fsp3) is 0.200. The summed E-state index contributed by atoms with van der Waals surface area (Å²) in [5.41, 5.74) is 2.13. The van der Waals surface area contributed by atoms with Gasteiger partial charge in [-0.05, 0) is 31.2 Å². The van der Waals surface area contributed by atoms with E-state index >= 15 is 0 Å². The van der Waals surface area contributed by atoms with E-state index in [4.69, 9.17) is 9.26 Å². The van der Waals surface area contributed by atoms with Crippen LogP contribution in [0.4, 0.5) is 11.4 Å². The molecule has 1 atom stereocenters. The van der Waals surface area contributed by atoms with Gasteiger partial charge in [0.25, 0.3) is 5.91 Å². The highest BCUT2D eigenvalue weighted by Gasteiger charge is 2.31. The van der Waals surface area contributed by atoms with Gasteiger partial charge in [0.15, 0.2) is 11.7 Å². The number of nitrogens with one attached hydrogen (secondary N) is 1. The number of carbonyl (C=O) groups excluding carboxylic acids is 3. The number of rotatable bonds is 4. The van der Waals surface area contributed by atoms with Crippen LogP contribution < -0.4 is 10.2 Å². The van der Waals surface area contributed by atoms with Crippen LogP contribution in [0.3, 0.4) is 0 Å². The smallest absolute Gasteiger partial charge is 0.312 e. The van der Waals surface area contributed by atoms with Crippen molar-refractivity contribution in [2.45, 2.75) is 19.4 Å². The van der Waals surface area contributed by atoms with Gasteiger partial charge in [0.1, 0.15) is 12.2 Å². The van der Waals surface area contributed by atoms with Crippen molar-refractivity contribution in [2.24, 2.45) is 0 Å². The van der Waals surface area contributed by atoms with Crippen molar-refractivity contribution in [1.82, 2.24) is 5.16 Å². The number of para-hydroxylation sites is 3. The van der Waals surface area contributed by atoms with E-state index < -0.39 is 18.0 Å². The second-order valence-electron chi connectivity index (χ2n) is 6.42. The Bertz CT molecular complexity index is 1070. The molecule has 4 rings (SSSR count). The van der Waals surface area contributed by atoms with Gasteiger partial charge in [-0.2, -0.15) is 0 Å². The number of anilines is 2. The third kappa shape index (κ3) is 3.32. The maximum Gasteiger partial charge on any atom is 0.312 e. The van der Waals surface area contributed by atoms with Gasteiger partial charge in [0, 0.05) is 5.39 Å². The number of benzene rings is 2. The maximum atomic E-state index is 12.8. The summed E-state index contributed by atoms with van der Waals surface area (Å²) in [6, 6.07) is 14.1. The summed E-state index contributed by atoms with van der Waals surface area (Å²) < 4.78 is 10.5. The standard InChI is InChI=1S/C20H17N3O5/c1-12(20(26)23-11-18(24)21-14-7-3-4-8-16(14)23)27-19(25)10-15-13-6-2-5-9-17(13)28-22-15/h2-9,12H,10-11H2,1H3,(H,21,24)/t12-/m0/s1. The third-order valence-corrected chi connectivity index (χ3v) is 4.46. The lowest BCUT2D eigenvalue weighted by Gasteiger charge is -2.30. The van der Waals surface area contributed by atoms with Crippen molar-refractivity contribution >= 4 is 40.1 Å². The van der Waals surface area contributed by atoms with Gasteiger partial charge in [0.05, 0.1) is 17.8 Å². The number of fused-ring (bicyclic) bond motifs is 2. The molecule has 142 valence electrons. The number of amides is 2. The van der Waals surface area contributed by atoms with Gasteiger partial charge in [-0.3, -0.25) is 19.3 Å². The Balaban J connectivity index is 1.46. The van der Waals surface area contributed by atoms with Crippen molar-refractivity contribution < 1.29 is 23.6 Å². The molecule has 0 spiro atoms. The Morgan fingerprint density at radius 1 is 1.21 bits per heavy atom. The zero-order valence-corrected chi connectivity index (χ0v) is 15.0. The molecule has 1 N–H and O–H groups in total. The Labute approximate surface area is 160 Å². The predicted octanol–water partition coefficient (Wildman–Crippen LogP) is 2.29. The molecule has 1 aromatic heterocycles. The van der Waals surface area contributed by atoms with Crippen LogP contribution in [0.1, 0.15) is 12.6 Å². The molecule has 8 heteroatoms. The molecule has 8 nitrogen and oxygen atoms in total. The fourth-order valence-corrected chi connectivity index (χ4v) is 3.14. The van der Waals surface area contributed by atoms with Gasteiger partial charge < -0.3 is 14.6 Å². The number of hydrogen-bond donors (Lipinski definition) is 1. The first-order valence-corrected chi connectivity index (χ1v) is 8.76. The van der Waals surface area contributed by atoms with E-state index in [9.17, 15) is 14.4 Å². The first-order valence-electron chi connectivity index (χ1n) is 8.76. The Morgan fingerprint density at radius 3 is 2.82 bits per heavy atom. The lowest BCUT2D eigenvalue weighted by Crippen LogP contribution is -2.47. The zero-order valence-electron chi connectivity index (χ0n) is 15.0. The van der Waals surface area contributed by atoms with Crippen LogP contribution in [-0.4, -0.2) is 35.6 Å². The summed E-state index contributed by atoms with van der Waals surface area (Å²) in [4.78, 5) is 38.3. The molecule has 0 saturated carbocycles. The number of carbonyl (C=O) groups is 3. The zero-order chi connectivity index (χ0) is 19.7. The third-order valence-electron chi connectivity index (χ3n) is 4.46. The van der Waals surface area contributed by atoms with E-state index in [1.807, 2.05) is 12.1 Å². The molecule has 2 amide bonds. The van der Waals surface area contributed by atoms with Crippen LogP contribution >= 0.6 is 0 Å². The van der Waals surface area contributed by atoms with Gasteiger partial charge in [0.2, 0.25) is 5.91 Å². The van der Waals surface area contributed by atoms with Crippen LogP contribution in [-0.2, 0) is 25.5 Å². The maximum absolute atomic E-state index is 12.8. The number of aromatic nitrogens is 1.